The van der Waals surface area contributed by atoms with Gasteiger partial charge in [0.15, 0.2) is 0 Å². The zero-order chi connectivity index (χ0) is 24.4. The van der Waals surface area contributed by atoms with Crippen LogP contribution in [0.25, 0.3) is 0 Å². The number of carbonyl (C=O) groups excluding carboxylic acids is 1. The fourth-order valence-electron chi connectivity index (χ4n) is 5.32. The van der Waals surface area contributed by atoms with Gasteiger partial charge in [0.05, 0.1) is 41.1 Å². The minimum absolute atomic E-state index is 0.0181. The molecule has 1 unspecified atom stereocenters. The number of rotatable bonds is 7. The number of likely N-dealkylation sites (tertiary alicyclic amines) is 1. The number of aliphatic imine (C=N–C) groups is 1. The molecule has 0 bridgehead atoms. The lowest BCUT2D eigenvalue weighted by molar-refractivity contribution is -0.122. The Morgan fingerprint density at radius 3 is 2.83 bits per heavy atom. The molecule has 5 rings (SSSR count). The van der Waals surface area contributed by atoms with Crippen molar-refractivity contribution in [2.75, 3.05) is 26.2 Å². The highest BCUT2D eigenvalue weighted by Crippen LogP contribution is 2.43. The van der Waals surface area contributed by atoms with Gasteiger partial charge in [0, 0.05) is 5.56 Å². The molecule has 3 aliphatic rings. The lowest BCUT2D eigenvalue weighted by Gasteiger charge is -2.19. The lowest BCUT2D eigenvalue weighted by atomic mass is 9.99. The number of amides is 1. The molecule has 7 heteroatoms. The molecule has 35 heavy (non-hydrogen) atoms. The van der Waals surface area contributed by atoms with Crippen LogP contribution < -0.4 is 10.1 Å². The van der Waals surface area contributed by atoms with Crippen LogP contribution in [-0.2, 0) is 11.2 Å². The van der Waals surface area contributed by atoms with Gasteiger partial charge in [0.2, 0.25) is 5.91 Å². The van der Waals surface area contributed by atoms with Crippen molar-refractivity contribution in [2.45, 2.75) is 56.9 Å². The van der Waals surface area contributed by atoms with Crippen LogP contribution in [0, 0.1) is 11.3 Å². The molecule has 2 aromatic rings. The molecular formula is C28H32N4O2S. The summed E-state index contributed by atoms with van der Waals surface area (Å²) in [4.78, 5) is 19.7. The zero-order valence-electron chi connectivity index (χ0n) is 20.4. The molecular weight excluding hydrogens is 456 g/mol. The molecule has 2 atom stereocenters. The number of hydrogen-bond donors (Lipinski definition) is 1. The number of carbonyl (C=O) groups is 1. The first-order chi connectivity index (χ1) is 17.0. The van der Waals surface area contributed by atoms with Gasteiger partial charge in [-0.25, -0.2) is 0 Å². The highest BCUT2D eigenvalue weighted by atomic mass is 32.2. The van der Waals surface area contributed by atoms with Gasteiger partial charge in [-0.05, 0) is 87.5 Å². The van der Waals surface area contributed by atoms with E-state index in [-0.39, 0.29) is 23.3 Å². The number of ether oxygens (including phenoxy) is 1. The first-order valence-electron chi connectivity index (χ1n) is 12.6. The van der Waals surface area contributed by atoms with Crippen molar-refractivity contribution in [1.82, 2.24) is 10.2 Å². The summed E-state index contributed by atoms with van der Waals surface area (Å²) in [6.07, 6.45) is 4.34. The van der Waals surface area contributed by atoms with E-state index in [9.17, 15) is 10.1 Å². The summed E-state index contributed by atoms with van der Waals surface area (Å²) < 4.78 is 5.77. The summed E-state index contributed by atoms with van der Waals surface area (Å²) in [6.45, 7) is 7.20. The SMILES string of the molecule is CC(C)Oc1ccc(C2=NCC(c3cccc4c3CC[C@@H]4NC(=O)CN3CCCC3)S2)cc1C#N. The number of hydrogen-bond acceptors (Lipinski definition) is 6. The minimum atomic E-state index is 0.0181. The summed E-state index contributed by atoms with van der Waals surface area (Å²) >= 11 is 1.76. The molecule has 1 N–H and O–H groups in total. The van der Waals surface area contributed by atoms with Crippen molar-refractivity contribution >= 4 is 22.7 Å². The van der Waals surface area contributed by atoms with Gasteiger partial charge in [-0.1, -0.05) is 30.0 Å². The van der Waals surface area contributed by atoms with Crippen molar-refractivity contribution in [2.24, 2.45) is 4.99 Å². The van der Waals surface area contributed by atoms with E-state index in [4.69, 9.17) is 9.73 Å². The number of nitriles is 1. The second kappa shape index (κ2) is 10.4. The smallest absolute Gasteiger partial charge is 0.234 e. The molecule has 0 radical (unpaired) electrons. The van der Waals surface area contributed by atoms with E-state index in [0.29, 0.717) is 24.4 Å². The highest BCUT2D eigenvalue weighted by molar-refractivity contribution is 8.14. The monoisotopic (exact) mass is 488 g/mol. The molecule has 2 aromatic carbocycles. The molecule has 1 amide bonds. The maximum absolute atomic E-state index is 12.6. The van der Waals surface area contributed by atoms with Crippen LogP contribution in [0.5, 0.6) is 5.75 Å². The van der Waals surface area contributed by atoms with Crippen molar-refractivity contribution in [3.63, 3.8) is 0 Å². The second-order valence-electron chi connectivity index (χ2n) is 9.80. The molecule has 1 aliphatic carbocycles. The van der Waals surface area contributed by atoms with Gasteiger partial charge in [-0.2, -0.15) is 5.26 Å². The molecule has 0 aromatic heterocycles. The number of fused-ring (bicyclic) bond motifs is 1. The minimum Gasteiger partial charge on any atom is -0.490 e. The largest absolute Gasteiger partial charge is 0.490 e. The Morgan fingerprint density at radius 1 is 1.26 bits per heavy atom. The highest BCUT2D eigenvalue weighted by Gasteiger charge is 2.31. The predicted octanol–water partition coefficient (Wildman–Crippen LogP) is 4.78. The average molecular weight is 489 g/mol. The Morgan fingerprint density at radius 2 is 2.06 bits per heavy atom. The van der Waals surface area contributed by atoms with E-state index in [2.05, 4.69) is 34.5 Å². The van der Waals surface area contributed by atoms with E-state index in [1.165, 1.54) is 29.5 Å². The van der Waals surface area contributed by atoms with E-state index in [0.717, 1.165) is 36.5 Å². The zero-order valence-corrected chi connectivity index (χ0v) is 21.2. The Bertz CT molecular complexity index is 1180. The van der Waals surface area contributed by atoms with E-state index >= 15 is 0 Å². The number of nitrogens with one attached hydrogen (secondary N) is 1. The van der Waals surface area contributed by atoms with Crippen molar-refractivity contribution in [3.8, 4) is 11.8 Å². The molecule has 1 saturated heterocycles. The van der Waals surface area contributed by atoms with E-state index in [1.54, 1.807) is 11.8 Å². The molecule has 6 nitrogen and oxygen atoms in total. The van der Waals surface area contributed by atoms with Crippen LogP contribution in [0.15, 0.2) is 41.4 Å². The Labute approximate surface area is 211 Å². The third-order valence-corrected chi connectivity index (χ3v) is 8.19. The number of benzene rings is 2. The standard InChI is InChI=1S/C28H32N4O2S/c1-18(2)34-25-11-8-19(14-20(25)15-29)28-30-16-26(35-28)23-7-5-6-22-21(23)9-10-24(22)31-27(33)17-32-12-3-4-13-32/h5-8,11,14,18,24,26H,3-4,9-10,12-13,16-17H2,1-2H3,(H,31,33)/t24-,26?/m0/s1. The summed E-state index contributed by atoms with van der Waals surface area (Å²) in [7, 11) is 0. The van der Waals surface area contributed by atoms with Gasteiger partial charge in [0.25, 0.3) is 0 Å². The van der Waals surface area contributed by atoms with Crippen molar-refractivity contribution in [3.05, 3.63) is 64.2 Å². The Hall–Kier alpha value is -2.82. The lowest BCUT2D eigenvalue weighted by Crippen LogP contribution is -2.37. The topological polar surface area (TPSA) is 77.7 Å². The van der Waals surface area contributed by atoms with Gasteiger partial charge < -0.3 is 10.1 Å². The van der Waals surface area contributed by atoms with Gasteiger partial charge in [0.1, 0.15) is 11.8 Å². The maximum atomic E-state index is 12.6. The molecule has 0 saturated carbocycles. The molecule has 2 aliphatic heterocycles. The molecule has 0 spiro atoms. The van der Waals surface area contributed by atoms with E-state index in [1.807, 2.05) is 32.0 Å². The third-order valence-electron chi connectivity index (χ3n) is 6.92. The quantitative estimate of drug-likeness (QED) is 0.607. The van der Waals surface area contributed by atoms with Crippen LogP contribution >= 0.6 is 11.8 Å². The summed E-state index contributed by atoms with van der Waals surface area (Å²) in [5, 5.41) is 14.1. The van der Waals surface area contributed by atoms with Gasteiger partial charge in [-0.15, -0.1) is 0 Å². The van der Waals surface area contributed by atoms with Crippen LogP contribution in [0.1, 0.15) is 72.2 Å². The van der Waals surface area contributed by atoms with Crippen LogP contribution in [0.4, 0.5) is 0 Å². The van der Waals surface area contributed by atoms with Crippen molar-refractivity contribution < 1.29 is 9.53 Å². The number of thioether (sulfide) groups is 1. The molecule has 2 heterocycles. The maximum Gasteiger partial charge on any atom is 0.234 e. The summed E-state index contributed by atoms with van der Waals surface area (Å²) in [5.41, 5.74) is 5.45. The third kappa shape index (κ3) is 5.24. The number of nitrogens with zero attached hydrogens (tertiary/aromatic N) is 3. The normalized spacial score (nSPS) is 21.6. The summed E-state index contributed by atoms with van der Waals surface area (Å²) in [6, 6.07) is 14.6. The first kappa shape index (κ1) is 23.9. The van der Waals surface area contributed by atoms with Crippen LogP contribution in [0.2, 0.25) is 0 Å². The van der Waals surface area contributed by atoms with Gasteiger partial charge >= 0.3 is 0 Å². The molecule has 182 valence electrons. The van der Waals surface area contributed by atoms with Crippen molar-refractivity contribution in [1.29, 1.82) is 5.26 Å². The van der Waals surface area contributed by atoms with E-state index < -0.39 is 0 Å². The Kier molecular flexibility index (Phi) is 7.12. The fraction of sp³-hybridized carbons (Fsp3) is 0.464. The first-order valence-corrected chi connectivity index (χ1v) is 13.5. The van der Waals surface area contributed by atoms with Gasteiger partial charge in [-0.3, -0.25) is 14.7 Å². The molecule has 1 fully saturated rings. The fourth-order valence-corrected chi connectivity index (χ4v) is 6.50. The summed E-state index contributed by atoms with van der Waals surface area (Å²) in [5.74, 6) is 0.749. The predicted molar refractivity (Wildman–Crippen MR) is 140 cm³/mol. The van der Waals surface area contributed by atoms with Crippen LogP contribution in [0.3, 0.4) is 0 Å². The second-order valence-corrected chi connectivity index (χ2v) is 11.0. The average Bonchev–Trinajstić information content (AvgIpc) is 3.61. The van der Waals surface area contributed by atoms with Crippen LogP contribution in [-0.4, -0.2) is 48.1 Å². The Balaban J connectivity index is 1.27.